The molecular weight excluding hydrogens is 290 g/mol. The highest BCUT2D eigenvalue weighted by Gasteiger charge is 2.31. The Morgan fingerprint density at radius 1 is 1.13 bits per heavy atom. The summed E-state index contributed by atoms with van der Waals surface area (Å²) in [6.45, 7) is 2.25. The summed E-state index contributed by atoms with van der Waals surface area (Å²) in [7, 11) is 3.41. The number of ether oxygens (including phenoxy) is 2. The van der Waals surface area contributed by atoms with Gasteiger partial charge in [0.15, 0.2) is 0 Å². The van der Waals surface area contributed by atoms with Crippen LogP contribution >= 0.6 is 0 Å². The highest BCUT2D eigenvalue weighted by atomic mass is 16.5. The maximum absolute atomic E-state index is 11.4. The third-order valence-electron chi connectivity index (χ3n) is 5.32. The predicted octanol–water partition coefficient (Wildman–Crippen LogP) is 3.60. The van der Waals surface area contributed by atoms with Crippen molar-refractivity contribution in [2.45, 2.75) is 44.6 Å². The standard InChI is InChI=1S/C19H27NO3/c1-22-16-9-10-17(19(12-16)23-2)18-4-3-11-20(18)13-14-5-7-15(21)8-6-14/h9-10,12,14,18H,3-8,11,13H2,1-2H3/t18-/m1/s1. The van der Waals surface area contributed by atoms with Gasteiger partial charge in [-0.2, -0.15) is 0 Å². The van der Waals surface area contributed by atoms with Crippen LogP contribution in [0.5, 0.6) is 11.5 Å². The first-order valence-electron chi connectivity index (χ1n) is 8.69. The molecule has 4 heteroatoms. The third-order valence-corrected chi connectivity index (χ3v) is 5.32. The lowest BCUT2D eigenvalue weighted by Crippen LogP contribution is -2.31. The van der Waals surface area contributed by atoms with Crippen LogP contribution in [-0.2, 0) is 4.79 Å². The molecule has 0 amide bonds. The fourth-order valence-electron chi connectivity index (χ4n) is 4.00. The number of likely N-dealkylation sites (tertiary alicyclic amines) is 1. The molecule has 23 heavy (non-hydrogen) atoms. The summed E-state index contributed by atoms with van der Waals surface area (Å²) < 4.78 is 10.9. The Labute approximate surface area is 138 Å². The molecule has 0 bridgehead atoms. The summed E-state index contributed by atoms with van der Waals surface area (Å²) in [5.41, 5.74) is 1.26. The van der Waals surface area contributed by atoms with E-state index in [9.17, 15) is 4.79 Å². The molecule has 1 atom stereocenters. The van der Waals surface area contributed by atoms with Crippen molar-refractivity contribution in [3.05, 3.63) is 23.8 Å². The van der Waals surface area contributed by atoms with Crippen LogP contribution in [0.4, 0.5) is 0 Å². The molecule has 1 heterocycles. The summed E-state index contributed by atoms with van der Waals surface area (Å²) in [6, 6.07) is 6.57. The molecule has 0 unspecified atom stereocenters. The summed E-state index contributed by atoms with van der Waals surface area (Å²) in [6.07, 6.45) is 6.06. The van der Waals surface area contributed by atoms with E-state index >= 15 is 0 Å². The van der Waals surface area contributed by atoms with Gasteiger partial charge in [-0.1, -0.05) is 6.07 Å². The normalized spacial score (nSPS) is 23.2. The van der Waals surface area contributed by atoms with Crippen molar-refractivity contribution in [3.8, 4) is 11.5 Å². The topological polar surface area (TPSA) is 38.8 Å². The van der Waals surface area contributed by atoms with Crippen LogP contribution in [0.2, 0.25) is 0 Å². The van der Waals surface area contributed by atoms with Crippen molar-refractivity contribution in [1.82, 2.24) is 4.90 Å². The second kappa shape index (κ2) is 7.35. The van der Waals surface area contributed by atoms with E-state index in [1.54, 1.807) is 14.2 Å². The zero-order chi connectivity index (χ0) is 16.2. The molecule has 126 valence electrons. The van der Waals surface area contributed by atoms with Crippen molar-refractivity contribution in [2.24, 2.45) is 5.92 Å². The van der Waals surface area contributed by atoms with E-state index in [0.717, 1.165) is 50.3 Å². The molecule has 3 rings (SSSR count). The average molecular weight is 317 g/mol. The van der Waals surface area contributed by atoms with Gasteiger partial charge >= 0.3 is 0 Å². The monoisotopic (exact) mass is 317 g/mol. The second-order valence-corrected chi connectivity index (χ2v) is 6.74. The van der Waals surface area contributed by atoms with Crippen molar-refractivity contribution >= 4 is 5.78 Å². The minimum Gasteiger partial charge on any atom is -0.497 e. The lowest BCUT2D eigenvalue weighted by molar-refractivity contribution is -0.121. The van der Waals surface area contributed by atoms with Gasteiger partial charge in [0.1, 0.15) is 17.3 Å². The second-order valence-electron chi connectivity index (χ2n) is 6.74. The maximum Gasteiger partial charge on any atom is 0.132 e. The van der Waals surface area contributed by atoms with E-state index in [4.69, 9.17) is 9.47 Å². The minimum absolute atomic E-state index is 0.425. The Morgan fingerprint density at radius 3 is 2.61 bits per heavy atom. The molecule has 0 spiro atoms. The van der Waals surface area contributed by atoms with Crippen molar-refractivity contribution < 1.29 is 14.3 Å². The Kier molecular flexibility index (Phi) is 5.21. The Bertz CT molecular complexity index is 548. The highest BCUT2D eigenvalue weighted by molar-refractivity contribution is 5.79. The fraction of sp³-hybridized carbons (Fsp3) is 0.632. The van der Waals surface area contributed by atoms with E-state index < -0.39 is 0 Å². The lowest BCUT2D eigenvalue weighted by atomic mass is 9.87. The van der Waals surface area contributed by atoms with E-state index in [-0.39, 0.29) is 0 Å². The van der Waals surface area contributed by atoms with Crippen molar-refractivity contribution in [3.63, 3.8) is 0 Å². The van der Waals surface area contributed by atoms with E-state index in [1.165, 1.54) is 18.4 Å². The SMILES string of the molecule is COc1ccc([C@H]2CCCN2CC2CCC(=O)CC2)c(OC)c1. The fourth-order valence-corrected chi connectivity index (χ4v) is 4.00. The molecule has 1 aromatic carbocycles. The number of carbonyl (C=O) groups is 1. The number of Topliss-reactive ketones (excluding diaryl/α,β-unsaturated/α-hetero) is 1. The number of carbonyl (C=O) groups excluding carboxylic acids is 1. The zero-order valence-electron chi connectivity index (χ0n) is 14.2. The van der Waals surface area contributed by atoms with Gasteiger partial charge in [0, 0.05) is 37.1 Å². The van der Waals surface area contributed by atoms with Crippen LogP contribution in [0.15, 0.2) is 18.2 Å². The Balaban J connectivity index is 1.72. The van der Waals surface area contributed by atoms with Crippen molar-refractivity contribution in [1.29, 1.82) is 0 Å². The number of benzene rings is 1. The van der Waals surface area contributed by atoms with Gasteiger partial charge in [0.25, 0.3) is 0 Å². The molecule has 1 aromatic rings. The third kappa shape index (κ3) is 3.69. The molecule has 4 nitrogen and oxygen atoms in total. The molecule has 1 saturated heterocycles. The largest absolute Gasteiger partial charge is 0.497 e. The van der Waals surface area contributed by atoms with Gasteiger partial charge in [0.2, 0.25) is 0 Å². The van der Waals surface area contributed by atoms with Crippen LogP contribution in [0.25, 0.3) is 0 Å². The Morgan fingerprint density at radius 2 is 1.91 bits per heavy atom. The van der Waals surface area contributed by atoms with Gasteiger partial charge in [-0.25, -0.2) is 0 Å². The van der Waals surface area contributed by atoms with E-state index in [0.29, 0.717) is 17.7 Å². The van der Waals surface area contributed by atoms with Crippen LogP contribution in [0, 0.1) is 5.92 Å². The smallest absolute Gasteiger partial charge is 0.132 e. The molecule has 0 N–H and O–H groups in total. The molecule has 2 aliphatic rings. The summed E-state index contributed by atoms with van der Waals surface area (Å²) in [4.78, 5) is 14.0. The molecule has 2 fully saturated rings. The first-order valence-corrected chi connectivity index (χ1v) is 8.69. The molecule has 0 radical (unpaired) electrons. The predicted molar refractivity (Wildman–Crippen MR) is 90.1 cm³/mol. The quantitative estimate of drug-likeness (QED) is 0.832. The van der Waals surface area contributed by atoms with Gasteiger partial charge in [-0.3, -0.25) is 9.69 Å². The van der Waals surface area contributed by atoms with Crippen molar-refractivity contribution in [2.75, 3.05) is 27.3 Å². The van der Waals surface area contributed by atoms with E-state index in [2.05, 4.69) is 11.0 Å². The van der Waals surface area contributed by atoms with Gasteiger partial charge < -0.3 is 9.47 Å². The minimum atomic E-state index is 0.425. The molecular formula is C19H27NO3. The first kappa shape index (κ1) is 16.3. The highest BCUT2D eigenvalue weighted by Crippen LogP contribution is 2.39. The number of nitrogens with zero attached hydrogens (tertiary/aromatic N) is 1. The average Bonchev–Trinajstić information content (AvgIpc) is 3.04. The maximum atomic E-state index is 11.4. The molecule has 1 aliphatic carbocycles. The van der Waals surface area contributed by atoms with Crippen LogP contribution in [0.1, 0.15) is 50.1 Å². The van der Waals surface area contributed by atoms with Crippen LogP contribution < -0.4 is 9.47 Å². The summed E-state index contributed by atoms with van der Waals surface area (Å²) >= 11 is 0. The summed E-state index contributed by atoms with van der Waals surface area (Å²) in [5, 5.41) is 0. The van der Waals surface area contributed by atoms with Crippen LogP contribution in [0.3, 0.4) is 0 Å². The zero-order valence-corrected chi connectivity index (χ0v) is 14.2. The summed E-state index contributed by atoms with van der Waals surface area (Å²) in [5.74, 6) is 2.86. The Hall–Kier alpha value is -1.55. The van der Waals surface area contributed by atoms with Gasteiger partial charge in [-0.15, -0.1) is 0 Å². The molecule has 0 aromatic heterocycles. The van der Waals surface area contributed by atoms with Gasteiger partial charge in [0.05, 0.1) is 14.2 Å². The van der Waals surface area contributed by atoms with E-state index in [1.807, 2.05) is 12.1 Å². The molecule has 1 aliphatic heterocycles. The molecule has 1 saturated carbocycles. The number of hydrogen-bond acceptors (Lipinski definition) is 4. The number of hydrogen-bond donors (Lipinski definition) is 0. The van der Waals surface area contributed by atoms with Crippen LogP contribution in [-0.4, -0.2) is 38.0 Å². The number of rotatable bonds is 5. The number of ketones is 1. The lowest BCUT2D eigenvalue weighted by Gasteiger charge is -2.31. The number of methoxy groups -OCH3 is 2. The van der Waals surface area contributed by atoms with Gasteiger partial charge in [-0.05, 0) is 44.2 Å². The first-order chi connectivity index (χ1) is 11.2.